The average Bonchev–Trinajstić information content (AvgIpc) is 3.11. The van der Waals surface area contributed by atoms with Crippen LogP contribution in [0.4, 0.5) is 4.39 Å². The maximum atomic E-state index is 13.3. The average molecular weight is 284 g/mol. The van der Waals surface area contributed by atoms with E-state index in [1.165, 1.54) is 6.07 Å². The van der Waals surface area contributed by atoms with Crippen molar-refractivity contribution in [3.05, 3.63) is 66.0 Å². The largest absolute Gasteiger partial charge is 0.329 e. The first kappa shape index (κ1) is 13.5. The van der Waals surface area contributed by atoms with Crippen molar-refractivity contribution in [3.63, 3.8) is 0 Å². The molecule has 0 aliphatic rings. The molecule has 0 saturated carbocycles. The van der Waals surface area contributed by atoms with Crippen molar-refractivity contribution in [2.45, 2.75) is 26.8 Å². The van der Waals surface area contributed by atoms with Crippen LogP contribution in [0.25, 0.3) is 5.69 Å². The highest BCUT2D eigenvalue weighted by molar-refractivity contribution is 5.36. The molecule has 3 aromatic rings. The van der Waals surface area contributed by atoms with Crippen LogP contribution in [0.3, 0.4) is 0 Å². The monoisotopic (exact) mass is 284 g/mol. The molecule has 0 bridgehead atoms. The molecule has 0 radical (unpaired) electrons. The molecule has 2 heterocycles. The highest BCUT2D eigenvalue weighted by Crippen LogP contribution is 2.14. The topological polar surface area (TPSA) is 35.6 Å². The number of aryl methyl sites for hydroxylation is 2. The highest BCUT2D eigenvalue weighted by atomic mass is 19.1. The molecule has 0 spiro atoms. The molecule has 1 aromatic carbocycles. The molecule has 0 saturated heterocycles. The number of aromatic nitrogens is 4. The Labute approximate surface area is 122 Å². The second kappa shape index (κ2) is 5.52. The molecule has 5 heteroatoms. The van der Waals surface area contributed by atoms with Gasteiger partial charge in [-0.05, 0) is 30.7 Å². The lowest BCUT2D eigenvalue weighted by atomic mass is 10.2. The number of hydrogen-bond acceptors (Lipinski definition) is 2. The molecule has 21 heavy (non-hydrogen) atoms. The summed E-state index contributed by atoms with van der Waals surface area (Å²) in [6.07, 6.45) is 8.38. The van der Waals surface area contributed by atoms with Crippen LogP contribution in [-0.2, 0) is 13.0 Å². The lowest BCUT2D eigenvalue weighted by Crippen LogP contribution is -2.03. The minimum absolute atomic E-state index is 0.190. The van der Waals surface area contributed by atoms with Gasteiger partial charge in [0.2, 0.25) is 0 Å². The molecule has 0 fully saturated rings. The SMILES string of the molecule is CCc1nccn1Cc1cn(-c2ccc(F)c(C)c2)cn1. The lowest BCUT2D eigenvalue weighted by molar-refractivity contribution is 0.618. The maximum Gasteiger partial charge on any atom is 0.126 e. The van der Waals surface area contributed by atoms with E-state index in [2.05, 4.69) is 21.5 Å². The van der Waals surface area contributed by atoms with Gasteiger partial charge in [-0.15, -0.1) is 0 Å². The van der Waals surface area contributed by atoms with Crippen molar-refractivity contribution < 1.29 is 4.39 Å². The summed E-state index contributed by atoms with van der Waals surface area (Å²) in [5.74, 6) is 0.854. The van der Waals surface area contributed by atoms with Crippen LogP contribution in [-0.4, -0.2) is 19.1 Å². The Hall–Kier alpha value is -2.43. The molecule has 0 aliphatic carbocycles. The first-order valence-electron chi connectivity index (χ1n) is 6.96. The predicted molar refractivity (Wildman–Crippen MR) is 79.0 cm³/mol. The van der Waals surface area contributed by atoms with Crippen LogP contribution in [0.15, 0.2) is 43.1 Å². The molecule has 0 unspecified atom stereocenters. The van der Waals surface area contributed by atoms with E-state index in [-0.39, 0.29) is 5.82 Å². The summed E-state index contributed by atoms with van der Waals surface area (Å²) in [6, 6.07) is 5.05. The van der Waals surface area contributed by atoms with Crippen molar-refractivity contribution in [1.29, 1.82) is 0 Å². The van der Waals surface area contributed by atoms with Crippen molar-refractivity contribution >= 4 is 0 Å². The Balaban J connectivity index is 1.84. The normalized spacial score (nSPS) is 11.0. The standard InChI is InChI=1S/C16H17FN4/c1-3-16-18-6-7-20(16)9-13-10-21(11-19-13)14-4-5-15(17)12(2)8-14/h4-8,10-11H,3,9H2,1-2H3. The van der Waals surface area contributed by atoms with Crippen molar-refractivity contribution in [2.24, 2.45) is 0 Å². The third kappa shape index (κ3) is 2.72. The van der Waals surface area contributed by atoms with Crippen LogP contribution in [0.5, 0.6) is 0 Å². The zero-order valence-corrected chi connectivity index (χ0v) is 12.1. The fourth-order valence-electron chi connectivity index (χ4n) is 2.35. The number of benzene rings is 1. The minimum atomic E-state index is -0.190. The Bertz CT molecular complexity index is 757. The fraction of sp³-hybridized carbons (Fsp3) is 0.250. The van der Waals surface area contributed by atoms with Crippen LogP contribution < -0.4 is 0 Å². The van der Waals surface area contributed by atoms with Gasteiger partial charge in [0.25, 0.3) is 0 Å². The highest BCUT2D eigenvalue weighted by Gasteiger charge is 2.06. The fourth-order valence-corrected chi connectivity index (χ4v) is 2.35. The molecular formula is C16H17FN4. The summed E-state index contributed by atoms with van der Waals surface area (Å²) in [5, 5.41) is 0. The summed E-state index contributed by atoms with van der Waals surface area (Å²) in [6.45, 7) is 4.53. The number of imidazole rings is 2. The molecule has 2 aromatic heterocycles. The van der Waals surface area contributed by atoms with Crippen molar-refractivity contribution in [3.8, 4) is 5.69 Å². The third-order valence-corrected chi connectivity index (χ3v) is 3.53. The Kier molecular flexibility index (Phi) is 3.56. The molecule has 4 nitrogen and oxygen atoms in total. The van der Waals surface area contributed by atoms with Gasteiger partial charge in [0.1, 0.15) is 11.6 Å². The van der Waals surface area contributed by atoms with Gasteiger partial charge < -0.3 is 9.13 Å². The number of rotatable bonds is 4. The second-order valence-corrected chi connectivity index (χ2v) is 5.03. The molecule has 0 aliphatic heterocycles. The molecule has 3 rings (SSSR count). The van der Waals surface area contributed by atoms with Gasteiger partial charge in [-0.25, -0.2) is 14.4 Å². The zero-order chi connectivity index (χ0) is 14.8. The van der Waals surface area contributed by atoms with E-state index < -0.39 is 0 Å². The van der Waals surface area contributed by atoms with E-state index in [9.17, 15) is 4.39 Å². The van der Waals surface area contributed by atoms with Gasteiger partial charge >= 0.3 is 0 Å². The molecule has 0 amide bonds. The van der Waals surface area contributed by atoms with Crippen molar-refractivity contribution in [1.82, 2.24) is 19.1 Å². The second-order valence-electron chi connectivity index (χ2n) is 5.03. The number of halogens is 1. The lowest BCUT2D eigenvalue weighted by Gasteiger charge is -2.05. The predicted octanol–water partition coefficient (Wildman–Crippen LogP) is 3.13. The summed E-state index contributed by atoms with van der Waals surface area (Å²) in [7, 11) is 0. The summed E-state index contributed by atoms with van der Waals surface area (Å²) in [5.41, 5.74) is 2.49. The molecule has 0 atom stereocenters. The molecule has 108 valence electrons. The van der Waals surface area contributed by atoms with E-state index in [0.717, 1.165) is 23.6 Å². The Morgan fingerprint density at radius 1 is 1.24 bits per heavy atom. The zero-order valence-electron chi connectivity index (χ0n) is 12.1. The van der Waals surface area contributed by atoms with Crippen LogP contribution in [0.1, 0.15) is 24.0 Å². The number of nitrogens with zero attached hydrogens (tertiary/aromatic N) is 4. The van der Waals surface area contributed by atoms with E-state index in [1.54, 1.807) is 25.5 Å². The van der Waals surface area contributed by atoms with E-state index in [1.807, 2.05) is 23.0 Å². The first-order chi connectivity index (χ1) is 10.2. The third-order valence-electron chi connectivity index (χ3n) is 3.53. The van der Waals surface area contributed by atoms with Crippen molar-refractivity contribution in [2.75, 3.05) is 0 Å². The van der Waals surface area contributed by atoms with Gasteiger partial charge in [-0.3, -0.25) is 0 Å². The van der Waals surface area contributed by atoms with Crippen LogP contribution in [0, 0.1) is 12.7 Å². The maximum absolute atomic E-state index is 13.3. The number of hydrogen-bond donors (Lipinski definition) is 0. The summed E-state index contributed by atoms with van der Waals surface area (Å²) in [4.78, 5) is 8.72. The molecular weight excluding hydrogens is 267 g/mol. The van der Waals surface area contributed by atoms with Crippen LogP contribution in [0.2, 0.25) is 0 Å². The molecule has 0 N–H and O–H groups in total. The van der Waals surface area contributed by atoms with E-state index in [4.69, 9.17) is 0 Å². The van der Waals surface area contributed by atoms with Gasteiger partial charge in [-0.1, -0.05) is 6.92 Å². The van der Waals surface area contributed by atoms with Gasteiger partial charge in [0.15, 0.2) is 0 Å². The van der Waals surface area contributed by atoms with Crippen LogP contribution >= 0.6 is 0 Å². The van der Waals surface area contributed by atoms with E-state index >= 15 is 0 Å². The van der Waals surface area contributed by atoms with Gasteiger partial charge in [0, 0.05) is 30.7 Å². The first-order valence-corrected chi connectivity index (χ1v) is 6.96. The summed E-state index contributed by atoms with van der Waals surface area (Å²) >= 11 is 0. The van der Waals surface area contributed by atoms with Gasteiger partial charge in [-0.2, -0.15) is 0 Å². The van der Waals surface area contributed by atoms with E-state index in [0.29, 0.717) is 12.1 Å². The Morgan fingerprint density at radius 3 is 2.86 bits per heavy atom. The van der Waals surface area contributed by atoms with Gasteiger partial charge in [0.05, 0.1) is 18.6 Å². The smallest absolute Gasteiger partial charge is 0.126 e. The Morgan fingerprint density at radius 2 is 2.10 bits per heavy atom. The summed E-state index contributed by atoms with van der Waals surface area (Å²) < 4.78 is 17.3. The quantitative estimate of drug-likeness (QED) is 0.738. The minimum Gasteiger partial charge on any atom is -0.329 e.